The summed E-state index contributed by atoms with van der Waals surface area (Å²) in [4.78, 5) is 14.4. The van der Waals surface area contributed by atoms with E-state index in [1.165, 1.54) is 0 Å². The molecule has 5 heteroatoms. The van der Waals surface area contributed by atoms with Gasteiger partial charge in [0.05, 0.1) is 0 Å². The number of halogens is 1. The number of hydrogen-bond donors (Lipinski definition) is 1. The van der Waals surface area contributed by atoms with Crippen LogP contribution in [-0.4, -0.2) is 34.5 Å². The number of aryl methyl sites for hydroxylation is 1. The smallest absolute Gasteiger partial charge is 0.270 e. The molecular weight excluding hydrogens is 262 g/mol. The van der Waals surface area contributed by atoms with Crippen molar-refractivity contribution in [1.82, 2.24) is 9.47 Å². The molecule has 2 N–H and O–H groups in total. The fourth-order valence-electron chi connectivity index (χ4n) is 2.61. The number of nitrogens with two attached hydrogens (primary N) is 1. The van der Waals surface area contributed by atoms with Gasteiger partial charge in [0.25, 0.3) is 5.91 Å². The predicted molar refractivity (Wildman–Crippen MR) is 79.7 cm³/mol. The van der Waals surface area contributed by atoms with Gasteiger partial charge in [-0.3, -0.25) is 4.79 Å². The largest absolute Gasteiger partial charge is 0.344 e. The van der Waals surface area contributed by atoms with Gasteiger partial charge in [-0.1, -0.05) is 0 Å². The molecule has 108 valence electrons. The van der Waals surface area contributed by atoms with Crippen LogP contribution in [0.5, 0.6) is 0 Å². The second-order valence-corrected chi connectivity index (χ2v) is 5.43. The molecule has 1 aliphatic rings. The quantitative estimate of drug-likeness (QED) is 0.903. The van der Waals surface area contributed by atoms with Gasteiger partial charge in [0, 0.05) is 31.9 Å². The summed E-state index contributed by atoms with van der Waals surface area (Å²) in [6.07, 6.45) is 2.19. The molecule has 2 heterocycles. The lowest BCUT2D eigenvalue weighted by Gasteiger charge is -2.34. The minimum Gasteiger partial charge on any atom is -0.344 e. The topological polar surface area (TPSA) is 51.3 Å². The van der Waals surface area contributed by atoms with Crippen LogP contribution >= 0.6 is 12.4 Å². The highest BCUT2D eigenvalue weighted by atomic mass is 35.5. The molecule has 19 heavy (non-hydrogen) atoms. The van der Waals surface area contributed by atoms with E-state index in [1.54, 1.807) is 0 Å². The Labute approximate surface area is 121 Å². The maximum atomic E-state index is 12.5. The van der Waals surface area contributed by atoms with Crippen molar-refractivity contribution >= 4 is 18.3 Å². The Morgan fingerprint density at radius 2 is 2.16 bits per heavy atom. The van der Waals surface area contributed by atoms with Crippen LogP contribution in [0.2, 0.25) is 0 Å². The van der Waals surface area contributed by atoms with Gasteiger partial charge in [-0.15, -0.1) is 12.4 Å². The zero-order chi connectivity index (χ0) is 13.3. The lowest BCUT2D eigenvalue weighted by Crippen LogP contribution is -2.45. The van der Waals surface area contributed by atoms with Crippen molar-refractivity contribution in [2.24, 2.45) is 18.7 Å². The molecule has 0 radical (unpaired) electrons. The lowest BCUT2D eigenvalue weighted by molar-refractivity contribution is 0.0651. The molecule has 1 aromatic heterocycles. The second-order valence-electron chi connectivity index (χ2n) is 5.43. The van der Waals surface area contributed by atoms with Gasteiger partial charge in [-0.25, -0.2) is 0 Å². The maximum Gasteiger partial charge on any atom is 0.270 e. The third-order valence-electron chi connectivity index (χ3n) is 4.08. The number of carbonyl (C=O) groups excluding carboxylic acids is 1. The van der Waals surface area contributed by atoms with Crippen LogP contribution in [0, 0.1) is 12.8 Å². The van der Waals surface area contributed by atoms with Crippen LogP contribution in [0.1, 0.15) is 35.9 Å². The number of hydrogen-bond acceptors (Lipinski definition) is 2. The number of piperidine rings is 1. The van der Waals surface area contributed by atoms with Crippen molar-refractivity contribution in [3.05, 3.63) is 23.5 Å². The molecule has 2 rings (SSSR count). The molecule has 1 saturated heterocycles. The third kappa shape index (κ3) is 3.31. The molecule has 1 aliphatic heterocycles. The fourth-order valence-corrected chi connectivity index (χ4v) is 2.61. The van der Waals surface area contributed by atoms with E-state index < -0.39 is 0 Å². The normalized spacial score (nSPS) is 20.8. The van der Waals surface area contributed by atoms with Crippen LogP contribution < -0.4 is 5.73 Å². The van der Waals surface area contributed by atoms with Crippen molar-refractivity contribution < 1.29 is 4.79 Å². The molecular formula is C14H24ClN3O. The first-order chi connectivity index (χ1) is 8.50. The first kappa shape index (κ1) is 16.1. The number of rotatable bonds is 2. The maximum absolute atomic E-state index is 12.5. The van der Waals surface area contributed by atoms with Crippen LogP contribution in [0.4, 0.5) is 0 Å². The number of nitrogens with zero attached hydrogens (tertiary/aromatic N) is 2. The molecule has 2 atom stereocenters. The molecule has 0 spiro atoms. The average Bonchev–Trinajstić information content (AvgIpc) is 2.69. The highest BCUT2D eigenvalue weighted by molar-refractivity contribution is 5.93. The molecule has 0 bridgehead atoms. The summed E-state index contributed by atoms with van der Waals surface area (Å²) in [6.45, 7) is 5.69. The van der Waals surface area contributed by atoms with Crippen LogP contribution in [0.25, 0.3) is 0 Å². The zero-order valence-corrected chi connectivity index (χ0v) is 12.7. The number of likely N-dealkylation sites (tertiary alicyclic amines) is 1. The summed E-state index contributed by atoms with van der Waals surface area (Å²) in [5.41, 5.74) is 7.85. The number of carbonyl (C=O) groups is 1. The van der Waals surface area contributed by atoms with Gasteiger partial charge in [0.2, 0.25) is 0 Å². The van der Waals surface area contributed by atoms with Gasteiger partial charge >= 0.3 is 0 Å². The van der Waals surface area contributed by atoms with Gasteiger partial charge in [-0.05, 0) is 44.7 Å². The summed E-state index contributed by atoms with van der Waals surface area (Å²) in [6, 6.07) is 4.06. The third-order valence-corrected chi connectivity index (χ3v) is 4.08. The van der Waals surface area contributed by atoms with E-state index in [0.717, 1.165) is 37.3 Å². The number of amides is 1. The summed E-state index contributed by atoms with van der Waals surface area (Å²) in [7, 11) is 1.94. The standard InChI is InChI=1S/C14H23N3O.ClH/c1-10-6-7-13(16(10)3)14(18)17-8-4-5-12(9-17)11(2)15;/h6-7,11-12H,4-5,8-9,15H2,1-3H3;1H. The predicted octanol–water partition coefficient (Wildman–Crippen LogP) is 1.95. The second kappa shape index (κ2) is 6.44. The minimum absolute atomic E-state index is 0. The van der Waals surface area contributed by atoms with Crippen LogP contribution in [-0.2, 0) is 7.05 Å². The van der Waals surface area contributed by atoms with Crippen molar-refractivity contribution in [2.45, 2.75) is 32.7 Å². The molecule has 0 aliphatic carbocycles. The Bertz CT molecular complexity index is 442. The Balaban J connectivity index is 0.00000180. The van der Waals surface area contributed by atoms with E-state index in [9.17, 15) is 4.79 Å². The molecule has 1 fully saturated rings. The Hall–Kier alpha value is -1.00. The number of aromatic nitrogens is 1. The zero-order valence-electron chi connectivity index (χ0n) is 11.9. The summed E-state index contributed by atoms with van der Waals surface area (Å²) >= 11 is 0. The average molecular weight is 286 g/mol. The summed E-state index contributed by atoms with van der Waals surface area (Å²) in [5.74, 6) is 0.569. The van der Waals surface area contributed by atoms with Crippen molar-refractivity contribution in [2.75, 3.05) is 13.1 Å². The minimum atomic E-state index is 0. The van der Waals surface area contributed by atoms with E-state index in [0.29, 0.717) is 5.92 Å². The van der Waals surface area contributed by atoms with Crippen LogP contribution in [0.15, 0.2) is 12.1 Å². The Morgan fingerprint density at radius 3 is 2.68 bits per heavy atom. The van der Waals surface area contributed by atoms with Gasteiger partial charge in [0.1, 0.15) is 5.69 Å². The molecule has 2 unspecified atom stereocenters. The molecule has 0 saturated carbocycles. The summed E-state index contributed by atoms with van der Waals surface area (Å²) in [5, 5.41) is 0. The summed E-state index contributed by atoms with van der Waals surface area (Å²) < 4.78 is 1.96. The fraction of sp³-hybridized carbons (Fsp3) is 0.643. The van der Waals surface area contributed by atoms with Gasteiger partial charge in [-0.2, -0.15) is 0 Å². The van der Waals surface area contributed by atoms with E-state index in [1.807, 2.05) is 42.5 Å². The van der Waals surface area contributed by atoms with E-state index >= 15 is 0 Å². The highest BCUT2D eigenvalue weighted by Crippen LogP contribution is 2.21. The SMILES string of the molecule is Cc1ccc(C(=O)N2CCCC(C(C)N)C2)n1C.Cl. The molecule has 0 aromatic carbocycles. The van der Waals surface area contributed by atoms with Crippen LogP contribution in [0.3, 0.4) is 0 Å². The van der Waals surface area contributed by atoms with E-state index in [-0.39, 0.29) is 24.4 Å². The highest BCUT2D eigenvalue weighted by Gasteiger charge is 2.27. The van der Waals surface area contributed by atoms with Gasteiger partial charge < -0.3 is 15.2 Å². The van der Waals surface area contributed by atoms with E-state index in [4.69, 9.17) is 5.73 Å². The first-order valence-corrected chi connectivity index (χ1v) is 6.68. The van der Waals surface area contributed by atoms with E-state index in [2.05, 4.69) is 0 Å². The lowest BCUT2D eigenvalue weighted by atomic mass is 9.92. The Morgan fingerprint density at radius 1 is 1.47 bits per heavy atom. The van der Waals surface area contributed by atoms with Gasteiger partial charge in [0.15, 0.2) is 0 Å². The van der Waals surface area contributed by atoms with Crippen molar-refractivity contribution in [1.29, 1.82) is 0 Å². The molecule has 1 aromatic rings. The van der Waals surface area contributed by atoms with Crippen molar-refractivity contribution in [3.63, 3.8) is 0 Å². The Kier molecular flexibility index (Phi) is 5.44. The monoisotopic (exact) mass is 285 g/mol. The molecule has 4 nitrogen and oxygen atoms in total. The molecule has 1 amide bonds. The first-order valence-electron chi connectivity index (χ1n) is 6.68. The van der Waals surface area contributed by atoms with Crippen molar-refractivity contribution in [3.8, 4) is 0 Å².